The molecule has 1 rings (SSSR count). The van der Waals surface area contributed by atoms with E-state index in [1.54, 1.807) is 19.4 Å². The van der Waals surface area contributed by atoms with Crippen molar-refractivity contribution in [2.45, 2.75) is 53.3 Å². The van der Waals surface area contributed by atoms with Crippen LogP contribution in [0.1, 0.15) is 39.8 Å². The first kappa shape index (κ1) is 15.7. The number of rotatable bonds is 8. The average Bonchev–Trinajstić information content (AvgIpc) is 2.79. The van der Waals surface area contributed by atoms with E-state index in [2.05, 4.69) is 28.7 Å². The second-order valence-corrected chi connectivity index (χ2v) is 5.16. The third-order valence-corrected chi connectivity index (χ3v) is 2.75. The van der Waals surface area contributed by atoms with Gasteiger partial charge in [0, 0.05) is 19.3 Å². The van der Waals surface area contributed by atoms with Crippen LogP contribution in [0.2, 0.25) is 0 Å². The fourth-order valence-corrected chi connectivity index (χ4v) is 1.74. The van der Waals surface area contributed by atoms with Crippen LogP contribution in [0.5, 0.6) is 0 Å². The molecule has 0 bridgehead atoms. The number of amides is 1. The first-order chi connectivity index (χ1) is 9.04. The largest absolute Gasteiger partial charge is 0.369 e. The molecule has 19 heavy (non-hydrogen) atoms. The maximum Gasteiger partial charge on any atom is 0.249 e. The Labute approximate surface area is 115 Å². The number of nitrogens with one attached hydrogen (secondary N) is 1. The molecule has 1 amide bonds. The Morgan fingerprint density at radius 2 is 2.21 bits per heavy atom. The van der Waals surface area contributed by atoms with E-state index in [9.17, 15) is 4.79 Å². The molecule has 0 saturated heterocycles. The van der Waals surface area contributed by atoms with E-state index in [1.807, 2.05) is 6.92 Å². The van der Waals surface area contributed by atoms with E-state index in [0.29, 0.717) is 19.1 Å². The summed E-state index contributed by atoms with van der Waals surface area (Å²) in [6.45, 7) is 10.1. The van der Waals surface area contributed by atoms with E-state index in [0.717, 1.165) is 18.7 Å². The fraction of sp³-hybridized carbons (Fsp3) is 0.714. The highest BCUT2D eigenvalue weighted by Crippen LogP contribution is 2.04. The van der Waals surface area contributed by atoms with Gasteiger partial charge in [-0.1, -0.05) is 20.8 Å². The smallest absolute Gasteiger partial charge is 0.249 e. The lowest BCUT2D eigenvalue weighted by atomic mass is 10.2. The van der Waals surface area contributed by atoms with Crippen LogP contribution in [0.3, 0.4) is 0 Å². The summed E-state index contributed by atoms with van der Waals surface area (Å²) in [4.78, 5) is 15.9. The Bertz CT molecular complexity index is 388. The van der Waals surface area contributed by atoms with E-state index in [4.69, 9.17) is 4.74 Å². The molecule has 5 heteroatoms. The lowest BCUT2D eigenvalue weighted by Crippen LogP contribution is -2.34. The maximum atomic E-state index is 11.8. The van der Waals surface area contributed by atoms with Crippen LogP contribution in [0.4, 0.5) is 0 Å². The second kappa shape index (κ2) is 7.94. The van der Waals surface area contributed by atoms with Crippen LogP contribution in [0.25, 0.3) is 0 Å². The van der Waals surface area contributed by atoms with Gasteiger partial charge in [0.2, 0.25) is 5.91 Å². The zero-order chi connectivity index (χ0) is 14.3. The van der Waals surface area contributed by atoms with Gasteiger partial charge in [0.05, 0.1) is 18.6 Å². The molecule has 0 saturated carbocycles. The molecule has 0 aliphatic carbocycles. The highest BCUT2D eigenvalue weighted by molar-refractivity contribution is 5.80. The van der Waals surface area contributed by atoms with Crippen molar-refractivity contribution in [1.29, 1.82) is 0 Å². The number of hydrogen-bond donors (Lipinski definition) is 1. The molecule has 0 fully saturated rings. The molecule has 1 N–H and O–H groups in total. The summed E-state index contributed by atoms with van der Waals surface area (Å²) in [5.41, 5.74) is 1.02. The first-order valence-electron chi connectivity index (χ1n) is 6.92. The molecule has 0 radical (unpaired) electrons. The van der Waals surface area contributed by atoms with Gasteiger partial charge >= 0.3 is 0 Å². The zero-order valence-electron chi connectivity index (χ0n) is 12.3. The van der Waals surface area contributed by atoms with Crippen LogP contribution in [-0.4, -0.2) is 28.2 Å². The number of aromatic nitrogens is 2. The Morgan fingerprint density at radius 1 is 1.47 bits per heavy atom. The Kier molecular flexibility index (Phi) is 6.56. The molecular weight excluding hydrogens is 242 g/mol. The van der Waals surface area contributed by atoms with Gasteiger partial charge in [0.1, 0.15) is 6.10 Å². The second-order valence-electron chi connectivity index (χ2n) is 5.16. The van der Waals surface area contributed by atoms with Crippen LogP contribution in [0.15, 0.2) is 12.5 Å². The average molecular weight is 267 g/mol. The van der Waals surface area contributed by atoms with Crippen molar-refractivity contribution < 1.29 is 9.53 Å². The number of carbonyl (C=O) groups is 1. The molecule has 1 aromatic rings. The molecule has 5 nitrogen and oxygen atoms in total. The molecule has 108 valence electrons. The molecule has 0 aromatic carbocycles. The van der Waals surface area contributed by atoms with Crippen molar-refractivity contribution in [2.75, 3.05) is 6.61 Å². The van der Waals surface area contributed by atoms with Gasteiger partial charge in [-0.3, -0.25) is 4.79 Å². The van der Waals surface area contributed by atoms with Crippen molar-refractivity contribution in [3.8, 4) is 0 Å². The van der Waals surface area contributed by atoms with E-state index < -0.39 is 6.10 Å². The molecule has 0 aliphatic heterocycles. The molecule has 1 heterocycles. The van der Waals surface area contributed by atoms with Crippen molar-refractivity contribution in [3.05, 3.63) is 18.2 Å². The predicted octanol–water partition coefficient (Wildman–Crippen LogP) is 1.97. The number of ether oxygens (including phenoxy) is 1. The van der Waals surface area contributed by atoms with Crippen molar-refractivity contribution >= 4 is 5.91 Å². The highest BCUT2D eigenvalue weighted by atomic mass is 16.5. The van der Waals surface area contributed by atoms with Gasteiger partial charge in [-0.15, -0.1) is 0 Å². The van der Waals surface area contributed by atoms with Gasteiger partial charge in [-0.2, -0.15) is 0 Å². The van der Waals surface area contributed by atoms with E-state index >= 15 is 0 Å². The topological polar surface area (TPSA) is 56.1 Å². The number of imidazole rings is 1. The van der Waals surface area contributed by atoms with Gasteiger partial charge in [0.25, 0.3) is 0 Å². The molecular formula is C14H25N3O2. The summed E-state index contributed by atoms with van der Waals surface area (Å²) >= 11 is 0. The minimum absolute atomic E-state index is 0.0780. The normalized spacial score (nSPS) is 12.7. The molecule has 1 aromatic heterocycles. The minimum atomic E-state index is -0.401. The summed E-state index contributed by atoms with van der Waals surface area (Å²) in [5, 5.41) is 2.88. The minimum Gasteiger partial charge on any atom is -0.369 e. The van der Waals surface area contributed by atoms with E-state index in [-0.39, 0.29) is 5.91 Å². The predicted molar refractivity (Wildman–Crippen MR) is 74.6 cm³/mol. The fourth-order valence-electron chi connectivity index (χ4n) is 1.74. The number of hydrogen-bond acceptors (Lipinski definition) is 3. The zero-order valence-corrected chi connectivity index (χ0v) is 12.3. The van der Waals surface area contributed by atoms with Gasteiger partial charge in [0.15, 0.2) is 0 Å². The van der Waals surface area contributed by atoms with Crippen molar-refractivity contribution in [3.63, 3.8) is 0 Å². The molecule has 0 aliphatic rings. The third kappa shape index (κ3) is 5.42. The Morgan fingerprint density at radius 3 is 2.84 bits per heavy atom. The van der Waals surface area contributed by atoms with Gasteiger partial charge in [-0.25, -0.2) is 4.98 Å². The molecule has 0 spiro atoms. The number of carbonyl (C=O) groups excluding carboxylic acids is 1. The summed E-state index contributed by atoms with van der Waals surface area (Å²) in [6.07, 6.45) is 4.11. The standard InChI is InChI=1S/C14H25N3O2/c1-5-6-19-12(4)14(18)16-8-13-7-15-10-17(13)9-11(2)3/h7,10-12H,5-6,8-9H2,1-4H3,(H,16,18). The summed E-state index contributed by atoms with van der Waals surface area (Å²) in [7, 11) is 0. The SMILES string of the molecule is CCCOC(C)C(=O)NCc1cncn1CC(C)C. The quantitative estimate of drug-likeness (QED) is 0.783. The summed E-state index contributed by atoms with van der Waals surface area (Å²) in [5.74, 6) is 0.473. The lowest BCUT2D eigenvalue weighted by molar-refractivity contribution is -0.131. The number of nitrogens with zero attached hydrogens (tertiary/aromatic N) is 2. The van der Waals surface area contributed by atoms with Crippen LogP contribution >= 0.6 is 0 Å². The monoisotopic (exact) mass is 267 g/mol. The van der Waals surface area contributed by atoms with Crippen LogP contribution < -0.4 is 5.32 Å². The Hall–Kier alpha value is -1.36. The Balaban J connectivity index is 2.43. The highest BCUT2D eigenvalue weighted by Gasteiger charge is 2.13. The van der Waals surface area contributed by atoms with Crippen molar-refractivity contribution in [1.82, 2.24) is 14.9 Å². The first-order valence-corrected chi connectivity index (χ1v) is 6.92. The lowest BCUT2D eigenvalue weighted by Gasteiger charge is -2.14. The molecule has 1 atom stereocenters. The van der Waals surface area contributed by atoms with Crippen molar-refractivity contribution in [2.24, 2.45) is 5.92 Å². The van der Waals surface area contributed by atoms with E-state index in [1.165, 1.54) is 0 Å². The van der Waals surface area contributed by atoms with Crippen LogP contribution in [0, 0.1) is 5.92 Å². The molecule has 1 unspecified atom stereocenters. The maximum absolute atomic E-state index is 11.8. The summed E-state index contributed by atoms with van der Waals surface area (Å²) < 4.78 is 7.46. The van der Waals surface area contributed by atoms with Gasteiger partial charge in [-0.05, 0) is 19.3 Å². The van der Waals surface area contributed by atoms with Gasteiger partial charge < -0.3 is 14.6 Å². The van der Waals surface area contributed by atoms with Crippen LogP contribution in [-0.2, 0) is 22.6 Å². The summed E-state index contributed by atoms with van der Waals surface area (Å²) in [6, 6.07) is 0. The third-order valence-electron chi connectivity index (χ3n) is 2.75.